The van der Waals surface area contributed by atoms with E-state index in [0.29, 0.717) is 18.1 Å². The number of carbonyl (C=O) groups excluding carboxylic acids is 1. The largest absolute Gasteiger partial charge is 0.299 e. The van der Waals surface area contributed by atoms with Gasteiger partial charge in [-0.15, -0.1) is 0 Å². The van der Waals surface area contributed by atoms with Gasteiger partial charge in [-0.2, -0.15) is 0 Å². The van der Waals surface area contributed by atoms with Gasteiger partial charge in [-0.25, -0.2) is 0 Å². The average Bonchev–Trinajstić information content (AvgIpc) is 2.44. The third-order valence-corrected chi connectivity index (χ3v) is 3.85. The first-order valence-electron chi connectivity index (χ1n) is 6.46. The summed E-state index contributed by atoms with van der Waals surface area (Å²) in [6.07, 6.45) is 1.58. The first kappa shape index (κ1) is 11.2. The van der Waals surface area contributed by atoms with Crippen LogP contribution in [0.2, 0.25) is 0 Å². The van der Waals surface area contributed by atoms with E-state index in [9.17, 15) is 4.79 Å². The summed E-state index contributed by atoms with van der Waals surface area (Å²) in [7, 11) is 0. The number of hydrogen-bond acceptors (Lipinski definition) is 1. The van der Waals surface area contributed by atoms with E-state index in [0.717, 1.165) is 6.42 Å². The average molecular weight is 236 g/mol. The van der Waals surface area contributed by atoms with Gasteiger partial charge >= 0.3 is 0 Å². The smallest absolute Gasteiger partial charge is 0.137 e. The van der Waals surface area contributed by atoms with Crippen molar-refractivity contribution in [2.45, 2.75) is 18.8 Å². The summed E-state index contributed by atoms with van der Waals surface area (Å²) in [4.78, 5) is 11.8. The van der Waals surface area contributed by atoms with E-state index in [1.54, 1.807) is 0 Å². The fourth-order valence-corrected chi connectivity index (χ4v) is 2.75. The Kier molecular flexibility index (Phi) is 2.97. The van der Waals surface area contributed by atoms with E-state index in [1.165, 1.54) is 11.1 Å². The van der Waals surface area contributed by atoms with Crippen LogP contribution in [0.15, 0.2) is 60.7 Å². The summed E-state index contributed by atoms with van der Waals surface area (Å²) in [6.45, 7) is 0. The van der Waals surface area contributed by atoms with Crippen LogP contribution in [0.5, 0.6) is 0 Å². The zero-order valence-electron chi connectivity index (χ0n) is 10.3. The molecule has 1 fully saturated rings. The van der Waals surface area contributed by atoms with Crippen LogP contribution in [0, 0.1) is 5.92 Å². The van der Waals surface area contributed by atoms with Crippen LogP contribution in [-0.2, 0) is 11.2 Å². The number of Topliss-reactive ketones (excluding diaryl/α,β-unsaturated/α-hetero) is 1. The molecule has 3 rings (SSSR count). The maximum Gasteiger partial charge on any atom is 0.137 e. The lowest BCUT2D eigenvalue weighted by Crippen LogP contribution is -2.36. The molecule has 2 aromatic rings. The molecule has 2 unspecified atom stereocenters. The fourth-order valence-electron chi connectivity index (χ4n) is 2.75. The van der Waals surface area contributed by atoms with Gasteiger partial charge in [0.1, 0.15) is 5.78 Å². The third kappa shape index (κ3) is 2.08. The molecule has 0 bridgehead atoms. The molecule has 18 heavy (non-hydrogen) atoms. The van der Waals surface area contributed by atoms with Gasteiger partial charge in [0.05, 0.1) is 0 Å². The van der Waals surface area contributed by atoms with Crippen molar-refractivity contribution < 1.29 is 4.79 Å². The maximum absolute atomic E-state index is 11.8. The van der Waals surface area contributed by atoms with E-state index in [4.69, 9.17) is 0 Å². The van der Waals surface area contributed by atoms with Crippen LogP contribution >= 0.6 is 0 Å². The Balaban J connectivity index is 1.77. The van der Waals surface area contributed by atoms with E-state index < -0.39 is 0 Å². The van der Waals surface area contributed by atoms with Crippen molar-refractivity contribution in [3.63, 3.8) is 0 Å². The minimum atomic E-state index is 0.176. The van der Waals surface area contributed by atoms with Gasteiger partial charge in [0, 0.05) is 18.3 Å². The SMILES string of the molecule is O=C1CC(c2ccccc2)C1Cc1ccccc1. The molecule has 0 aromatic heterocycles. The molecule has 0 N–H and O–H groups in total. The third-order valence-electron chi connectivity index (χ3n) is 3.85. The highest BCUT2D eigenvalue weighted by molar-refractivity contribution is 5.89. The number of benzene rings is 2. The Labute approximate surface area is 107 Å². The monoisotopic (exact) mass is 236 g/mol. The molecule has 0 saturated heterocycles. The first-order valence-corrected chi connectivity index (χ1v) is 6.46. The van der Waals surface area contributed by atoms with Crippen LogP contribution < -0.4 is 0 Å². The zero-order chi connectivity index (χ0) is 12.4. The Morgan fingerprint density at radius 3 is 2.11 bits per heavy atom. The molecule has 90 valence electrons. The van der Waals surface area contributed by atoms with Crippen LogP contribution in [0.1, 0.15) is 23.5 Å². The van der Waals surface area contributed by atoms with Crippen molar-refractivity contribution in [2.24, 2.45) is 5.92 Å². The van der Waals surface area contributed by atoms with Crippen molar-refractivity contribution in [2.75, 3.05) is 0 Å². The number of hydrogen-bond donors (Lipinski definition) is 0. The number of rotatable bonds is 3. The minimum absolute atomic E-state index is 0.176. The first-order chi connectivity index (χ1) is 8.84. The highest BCUT2D eigenvalue weighted by Gasteiger charge is 2.39. The van der Waals surface area contributed by atoms with Gasteiger partial charge in [0.25, 0.3) is 0 Å². The van der Waals surface area contributed by atoms with Crippen molar-refractivity contribution in [1.82, 2.24) is 0 Å². The standard InChI is InChI=1S/C17H16O/c18-17-12-15(14-9-5-2-6-10-14)16(17)11-13-7-3-1-4-8-13/h1-10,15-16H,11-12H2. The quantitative estimate of drug-likeness (QED) is 0.795. The highest BCUT2D eigenvalue weighted by Crippen LogP contribution is 2.41. The van der Waals surface area contributed by atoms with Gasteiger partial charge in [-0.3, -0.25) is 4.79 Å². The van der Waals surface area contributed by atoms with Gasteiger partial charge < -0.3 is 0 Å². The zero-order valence-corrected chi connectivity index (χ0v) is 10.3. The lowest BCUT2D eigenvalue weighted by atomic mass is 9.66. The Morgan fingerprint density at radius 2 is 1.50 bits per heavy atom. The van der Waals surface area contributed by atoms with E-state index >= 15 is 0 Å². The van der Waals surface area contributed by atoms with Gasteiger partial charge in [0.2, 0.25) is 0 Å². The predicted octanol–water partition coefficient (Wildman–Crippen LogP) is 3.60. The van der Waals surface area contributed by atoms with Crippen molar-refractivity contribution in [1.29, 1.82) is 0 Å². The van der Waals surface area contributed by atoms with Crippen molar-refractivity contribution >= 4 is 5.78 Å². The molecule has 1 aliphatic carbocycles. The normalized spacial score (nSPS) is 22.6. The summed E-state index contributed by atoms with van der Waals surface area (Å²) in [6, 6.07) is 20.7. The van der Waals surface area contributed by atoms with Gasteiger partial charge in [-0.05, 0) is 17.5 Å². The van der Waals surface area contributed by atoms with Crippen molar-refractivity contribution in [3.05, 3.63) is 71.8 Å². The molecule has 0 aliphatic heterocycles. The molecule has 0 spiro atoms. The van der Waals surface area contributed by atoms with Gasteiger partial charge in [-0.1, -0.05) is 60.7 Å². The number of carbonyl (C=O) groups is 1. The van der Waals surface area contributed by atoms with Crippen LogP contribution in [0.4, 0.5) is 0 Å². The topological polar surface area (TPSA) is 17.1 Å². The molecule has 2 aromatic carbocycles. The molecule has 1 heteroatoms. The van der Waals surface area contributed by atoms with Crippen LogP contribution in [0.25, 0.3) is 0 Å². The van der Waals surface area contributed by atoms with Crippen LogP contribution in [0.3, 0.4) is 0 Å². The molecule has 0 amide bonds. The highest BCUT2D eigenvalue weighted by atomic mass is 16.1. The number of ketones is 1. The summed E-state index contributed by atoms with van der Waals surface area (Å²) in [5.74, 6) is 1.00. The summed E-state index contributed by atoms with van der Waals surface area (Å²) >= 11 is 0. The van der Waals surface area contributed by atoms with Gasteiger partial charge in [0.15, 0.2) is 0 Å². The second kappa shape index (κ2) is 4.77. The molecule has 1 nitrogen and oxygen atoms in total. The lowest BCUT2D eigenvalue weighted by Gasteiger charge is -2.35. The Hall–Kier alpha value is -1.89. The second-order valence-corrected chi connectivity index (χ2v) is 4.98. The Bertz CT molecular complexity index is 530. The summed E-state index contributed by atoms with van der Waals surface area (Å²) in [5.41, 5.74) is 2.56. The van der Waals surface area contributed by atoms with E-state index in [1.807, 2.05) is 24.3 Å². The predicted molar refractivity (Wildman–Crippen MR) is 72.4 cm³/mol. The molecular weight excluding hydrogens is 220 g/mol. The molecule has 0 heterocycles. The van der Waals surface area contributed by atoms with Crippen LogP contribution in [-0.4, -0.2) is 5.78 Å². The fraction of sp³-hybridized carbons (Fsp3) is 0.235. The maximum atomic E-state index is 11.8. The summed E-state index contributed by atoms with van der Waals surface area (Å²) in [5, 5.41) is 0. The summed E-state index contributed by atoms with van der Waals surface area (Å²) < 4.78 is 0. The second-order valence-electron chi connectivity index (χ2n) is 4.98. The van der Waals surface area contributed by atoms with E-state index in [2.05, 4.69) is 36.4 Å². The molecule has 1 aliphatic rings. The van der Waals surface area contributed by atoms with Crippen molar-refractivity contribution in [3.8, 4) is 0 Å². The minimum Gasteiger partial charge on any atom is -0.299 e. The molecular formula is C17H16O. The Morgan fingerprint density at radius 1 is 0.889 bits per heavy atom. The molecule has 0 radical (unpaired) electrons. The molecule has 1 saturated carbocycles. The lowest BCUT2D eigenvalue weighted by molar-refractivity contribution is -0.130. The molecule has 2 atom stereocenters. The van der Waals surface area contributed by atoms with E-state index in [-0.39, 0.29) is 5.92 Å².